The molecule has 1 aromatic carbocycles. The van der Waals surface area contributed by atoms with Gasteiger partial charge in [0.25, 0.3) is 5.91 Å². The van der Waals surface area contributed by atoms with Crippen LogP contribution in [0.2, 0.25) is 0 Å². The van der Waals surface area contributed by atoms with E-state index < -0.39 is 0 Å². The van der Waals surface area contributed by atoms with E-state index in [1.807, 2.05) is 45.0 Å². The van der Waals surface area contributed by atoms with Crippen molar-refractivity contribution in [3.63, 3.8) is 0 Å². The standard InChI is InChI=1S/C17H25N7O/c1-4-19-15(25)11-24(5-2)10-14-21-16(18)23-17(22-14)20-13-9-7-6-8-12(13)3/h6-9H,4-5,10-11H2,1-3H3,(H,19,25)(H3,18,20,21,22,23)/p+1. The number of aryl methyl sites for hydroxylation is 1. The molecular formula is C17H26N7O+. The van der Waals surface area contributed by atoms with E-state index in [4.69, 9.17) is 5.73 Å². The van der Waals surface area contributed by atoms with Crippen LogP contribution in [0, 0.1) is 6.92 Å². The zero-order valence-corrected chi connectivity index (χ0v) is 15.0. The number of nitrogens with two attached hydrogens (primary N) is 1. The van der Waals surface area contributed by atoms with E-state index in [0.29, 0.717) is 31.4 Å². The fourth-order valence-corrected chi connectivity index (χ4v) is 2.43. The van der Waals surface area contributed by atoms with Gasteiger partial charge in [-0.2, -0.15) is 15.0 Å². The van der Waals surface area contributed by atoms with Gasteiger partial charge in [0.1, 0.15) is 6.54 Å². The van der Waals surface area contributed by atoms with E-state index in [2.05, 4.69) is 25.6 Å². The molecule has 25 heavy (non-hydrogen) atoms. The van der Waals surface area contributed by atoms with Gasteiger partial charge in [0.05, 0.1) is 6.54 Å². The maximum Gasteiger partial charge on any atom is 0.275 e. The van der Waals surface area contributed by atoms with Gasteiger partial charge < -0.3 is 21.3 Å². The molecule has 1 amide bonds. The Balaban J connectivity index is 2.12. The van der Waals surface area contributed by atoms with Gasteiger partial charge in [-0.25, -0.2) is 0 Å². The van der Waals surface area contributed by atoms with Crippen LogP contribution in [-0.4, -0.2) is 40.5 Å². The highest BCUT2D eigenvalue weighted by Gasteiger charge is 2.16. The minimum absolute atomic E-state index is 0.0136. The smallest absolute Gasteiger partial charge is 0.275 e. The van der Waals surface area contributed by atoms with Crippen molar-refractivity contribution in [2.24, 2.45) is 0 Å². The second-order valence-corrected chi connectivity index (χ2v) is 5.78. The molecule has 1 aromatic heterocycles. The Morgan fingerprint density at radius 2 is 1.96 bits per heavy atom. The van der Waals surface area contributed by atoms with E-state index in [9.17, 15) is 4.79 Å². The molecule has 1 heterocycles. The van der Waals surface area contributed by atoms with Crippen molar-refractivity contribution in [1.29, 1.82) is 0 Å². The topological polar surface area (TPSA) is 110 Å². The molecule has 0 aliphatic rings. The first kappa shape index (κ1) is 18.6. The van der Waals surface area contributed by atoms with E-state index in [0.717, 1.165) is 22.7 Å². The summed E-state index contributed by atoms with van der Waals surface area (Å²) >= 11 is 0. The Hall–Kier alpha value is -2.74. The van der Waals surface area contributed by atoms with Crippen molar-refractivity contribution < 1.29 is 9.69 Å². The van der Waals surface area contributed by atoms with E-state index in [1.165, 1.54) is 0 Å². The number of carbonyl (C=O) groups excluding carboxylic acids is 1. The molecule has 5 N–H and O–H groups in total. The Morgan fingerprint density at radius 3 is 2.64 bits per heavy atom. The minimum Gasteiger partial charge on any atom is -0.368 e. The first-order chi connectivity index (χ1) is 12.0. The van der Waals surface area contributed by atoms with Crippen LogP contribution < -0.4 is 21.3 Å². The number of carbonyl (C=O) groups is 1. The number of quaternary nitrogens is 1. The summed E-state index contributed by atoms with van der Waals surface area (Å²) in [5.74, 6) is 1.14. The average molecular weight is 344 g/mol. The van der Waals surface area contributed by atoms with Crippen molar-refractivity contribution >= 4 is 23.5 Å². The van der Waals surface area contributed by atoms with Crippen LogP contribution in [0.15, 0.2) is 24.3 Å². The van der Waals surface area contributed by atoms with Gasteiger partial charge >= 0.3 is 0 Å². The highest BCUT2D eigenvalue weighted by Crippen LogP contribution is 2.17. The monoisotopic (exact) mass is 344 g/mol. The summed E-state index contributed by atoms with van der Waals surface area (Å²) in [6.07, 6.45) is 0. The van der Waals surface area contributed by atoms with Gasteiger partial charge in [-0.3, -0.25) is 4.79 Å². The molecule has 134 valence electrons. The van der Waals surface area contributed by atoms with Gasteiger partial charge in [0, 0.05) is 12.2 Å². The fourth-order valence-electron chi connectivity index (χ4n) is 2.43. The molecule has 0 spiro atoms. The predicted octanol–water partition coefficient (Wildman–Crippen LogP) is 0.0467. The number of nitrogens with zero attached hydrogens (tertiary/aromatic N) is 3. The summed E-state index contributed by atoms with van der Waals surface area (Å²) in [5.41, 5.74) is 7.83. The summed E-state index contributed by atoms with van der Waals surface area (Å²) in [4.78, 5) is 25.6. The number of likely N-dealkylation sites (N-methyl/N-ethyl adjacent to an activating group) is 2. The number of hydrogen-bond donors (Lipinski definition) is 4. The molecule has 0 aliphatic heterocycles. The largest absolute Gasteiger partial charge is 0.368 e. The van der Waals surface area contributed by atoms with E-state index in [-0.39, 0.29) is 11.9 Å². The molecule has 0 fully saturated rings. The third kappa shape index (κ3) is 5.68. The quantitative estimate of drug-likeness (QED) is 0.538. The summed E-state index contributed by atoms with van der Waals surface area (Å²) in [6.45, 7) is 8.20. The van der Waals surface area contributed by atoms with Crippen LogP contribution in [0.25, 0.3) is 0 Å². The second-order valence-electron chi connectivity index (χ2n) is 5.78. The number of amides is 1. The van der Waals surface area contributed by atoms with Crippen molar-refractivity contribution in [2.75, 3.05) is 30.7 Å². The average Bonchev–Trinajstić information content (AvgIpc) is 2.56. The number of benzene rings is 1. The molecule has 0 saturated heterocycles. The maximum atomic E-state index is 11.8. The van der Waals surface area contributed by atoms with Crippen LogP contribution in [0.5, 0.6) is 0 Å². The lowest BCUT2D eigenvalue weighted by Crippen LogP contribution is -3.11. The Labute approximate surface area is 147 Å². The summed E-state index contributed by atoms with van der Waals surface area (Å²) in [6, 6.07) is 7.87. The lowest BCUT2D eigenvalue weighted by molar-refractivity contribution is -0.904. The van der Waals surface area contributed by atoms with E-state index >= 15 is 0 Å². The zero-order chi connectivity index (χ0) is 18.2. The Kier molecular flexibility index (Phi) is 6.64. The number of nitrogens with one attached hydrogen (secondary N) is 3. The number of nitrogen functional groups attached to an aromatic ring is 1. The first-order valence-corrected chi connectivity index (χ1v) is 8.45. The van der Waals surface area contributed by atoms with Crippen LogP contribution in [0.4, 0.5) is 17.6 Å². The molecule has 8 heteroatoms. The molecule has 0 bridgehead atoms. The lowest BCUT2D eigenvalue weighted by atomic mass is 10.2. The minimum atomic E-state index is 0.0136. The number of aromatic nitrogens is 3. The highest BCUT2D eigenvalue weighted by molar-refractivity contribution is 5.76. The molecule has 1 unspecified atom stereocenters. The summed E-state index contributed by atoms with van der Waals surface area (Å²) < 4.78 is 0. The number of anilines is 3. The van der Waals surface area contributed by atoms with Crippen LogP contribution in [-0.2, 0) is 11.3 Å². The summed E-state index contributed by atoms with van der Waals surface area (Å²) in [5, 5.41) is 5.98. The Bertz CT molecular complexity index is 720. The molecule has 0 radical (unpaired) electrons. The first-order valence-electron chi connectivity index (χ1n) is 8.45. The maximum absolute atomic E-state index is 11.8. The molecule has 0 aliphatic carbocycles. The molecule has 2 aromatic rings. The molecule has 1 atom stereocenters. The summed E-state index contributed by atoms with van der Waals surface area (Å²) in [7, 11) is 0. The normalized spacial score (nSPS) is 11.8. The van der Waals surface area contributed by atoms with Crippen molar-refractivity contribution in [1.82, 2.24) is 20.3 Å². The Morgan fingerprint density at radius 1 is 1.20 bits per heavy atom. The number of para-hydroxylation sites is 1. The van der Waals surface area contributed by atoms with Gasteiger partial charge in [0.2, 0.25) is 11.9 Å². The SMILES string of the molecule is CCNC(=O)C[NH+](CC)Cc1nc(N)nc(Nc2ccccc2C)n1. The number of rotatable bonds is 8. The third-order valence-electron chi connectivity index (χ3n) is 3.78. The second kappa shape index (κ2) is 8.93. The predicted molar refractivity (Wildman–Crippen MR) is 97.5 cm³/mol. The fraction of sp³-hybridized carbons (Fsp3) is 0.412. The van der Waals surface area contributed by atoms with Crippen molar-refractivity contribution in [3.8, 4) is 0 Å². The number of hydrogen-bond acceptors (Lipinski definition) is 6. The molecule has 8 nitrogen and oxygen atoms in total. The van der Waals surface area contributed by atoms with Gasteiger partial charge in [-0.05, 0) is 32.4 Å². The van der Waals surface area contributed by atoms with Gasteiger partial charge in [-0.1, -0.05) is 18.2 Å². The third-order valence-corrected chi connectivity index (χ3v) is 3.78. The van der Waals surface area contributed by atoms with Crippen molar-refractivity contribution in [2.45, 2.75) is 27.3 Å². The van der Waals surface area contributed by atoms with Crippen LogP contribution in [0.1, 0.15) is 25.2 Å². The van der Waals surface area contributed by atoms with Gasteiger partial charge in [0.15, 0.2) is 12.4 Å². The molecular weight excluding hydrogens is 318 g/mol. The molecule has 2 rings (SSSR count). The molecule has 0 saturated carbocycles. The zero-order valence-electron chi connectivity index (χ0n) is 15.0. The highest BCUT2D eigenvalue weighted by atomic mass is 16.2. The lowest BCUT2D eigenvalue weighted by Gasteiger charge is -2.16. The van der Waals surface area contributed by atoms with Crippen molar-refractivity contribution in [3.05, 3.63) is 35.7 Å². The van der Waals surface area contributed by atoms with Gasteiger partial charge in [-0.15, -0.1) is 0 Å². The van der Waals surface area contributed by atoms with Crippen LogP contribution >= 0.6 is 0 Å². The van der Waals surface area contributed by atoms with E-state index in [1.54, 1.807) is 0 Å². The van der Waals surface area contributed by atoms with Crippen LogP contribution in [0.3, 0.4) is 0 Å².